The van der Waals surface area contributed by atoms with Crippen LogP contribution in [0, 0.1) is 0 Å². The van der Waals surface area contributed by atoms with Gasteiger partial charge >= 0.3 is 8.56 Å². The fraction of sp³-hybridized carbons (Fsp3) is 0.455. The Balaban J connectivity index is 2.18. The Morgan fingerprint density at radius 1 is 1.20 bits per heavy atom. The van der Waals surface area contributed by atoms with Gasteiger partial charge < -0.3 is 8.85 Å². The van der Waals surface area contributed by atoms with E-state index in [0.717, 1.165) is 6.54 Å². The van der Waals surface area contributed by atoms with E-state index >= 15 is 0 Å². The summed E-state index contributed by atoms with van der Waals surface area (Å²) in [5, 5.41) is 3.22. The molecule has 3 nitrogen and oxygen atoms in total. The first-order valence-electron chi connectivity index (χ1n) is 5.08. The predicted molar refractivity (Wildman–Crippen MR) is 63.7 cm³/mol. The van der Waals surface area contributed by atoms with Crippen molar-refractivity contribution < 1.29 is 8.85 Å². The molecule has 0 bridgehead atoms. The molecule has 1 rings (SSSR count). The summed E-state index contributed by atoms with van der Waals surface area (Å²) in [6.07, 6.45) is 0. The minimum Gasteiger partial charge on any atom is -0.398 e. The van der Waals surface area contributed by atoms with Crippen LogP contribution in [0.15, 0.2) is 30.3 Å². The molecule has 0 aromatic heterocycles. The van der Waals surface area contributed by atoms with Gasteiger partial charge in [-0.25, -0.2) is 0 Å². The third-order valence-corrected chi connectivity index (χ3v) is 4.01. The highest BCUT2D eigenvalue weighted by Gasteiger charge is 2.21. The van der Waals surface area contributed by atoms with Gasteiger partial charge in [0.25, 0.3) is 0 Å². The van der Waals surface area contributed by atoms with Gasteiger partial charge in [0.15, 0.2) is 0 Å². The molecule has 1 N–H and O–H groups in total. The first-order chi connectivity index (χ1) is 7.14. The average Bonchev–Trinajstić information content (AvgIpc) is 2.26. The first kappa shape index (κ1) is 12.4. The van der Waals surface area contributed by atoms with Crippen LogP contribution in [-0.2, 0) is 15.4 Å². The van der Waals surface area contributed by atoms with Crippen molar-refractivity contribution in [2.45, 2.75) is 19.6 Å². The van der Waals surface area contributed by atoms with E-state index in [9.17, 15) is 0 Å². The molecule has 0 atom stereocenters. The Labute approximate surface area is 92.7 Å². The van der Waals surface area contributed by atoms with Gasteiger partial charge in [-0.05, 0) is 18.7 Å². The van der Waals surface area contributed by atoms with Crippen molar-refractivity contribution in [3.8, 4) is 0 Å². The van der Waals surface area contributed by atoms with Crippen molar-refractivity contribution in [2.24, 2.45) is 0 Å². The molecular formula is C11H19NO2Si. The Morgan fingerprint density at radius 3 is 2.47 bits per heavy atom. The molecule has 0 aliphatic carbocycles. The Bertz CT molecular complexity index is 277. The van der Waals surface area contributed by atoms with Crippen LogP contribution in [0.1, 0.15) is 5.56 Å². The van der Waals surface area contributed by atoms with Crippen molar-refractivity contribution in [1.82, 2.24) is 5.32 Å². The third-order valence-electron chi connectivity index (χ3n) is 2.19. The lowest BCUT2D eigenvalue weighted by Gasteiger charge is -2.20. The number of benzene rings is 1. The standard InChI is InChI=1S/C11H19NO2Si/c1-13-15(2,3)14-10-12-9-11-7-5-4-6-8-11/h4-8,12H,9-10H2,1-3H3. The molecule has 0 saturated heterocycles. The zero-order valence-electron chi connectivity index (χ0n) is 9.62. The van der Waals surface area contributed by atoms with Crippen LogP contribution in [0.25, 0.3) is 0 Å². The topological polar surface area (TPSA) is 30.5 Å². The lowest BCUT2D eigenvalue weighted by atomic mass is 10.2. The van der Waals surface area contributed by atoms with E-state index in [0.29, 0.717) is 6.73 Å². The molecule has 4 heteroatoms. The van der Waals surface area contributed by atoms with E-state index in [1.807, 2.05) is 31.3 Å². The van der Waals surface area contributed by atoms with E-state index in [1.165, 1.54) is 5.56 Å². The zero-order valence-corrected chi connectivity index (χ0v) is 10.6. The van der Waals surface area contributed by atoms with E-state index in [2.05, 4.69) is 17.4 Å². The minimum absolute atomic E-state index is 0.544. The molecule has 0 fully saturated rings. The van der Waals surface area contributed by atoms with Gasteiger partial charge in [0.1, 0.15) is 0 Å². The van der Waals surface area contributed by atoms with E-state index < -0.39 is 8.56 Å². The van der Waals surface area contributed by atoms with Gasteiger partial charge in [0, 0.05) is 13.7 Å². The third kappa shape index (κ3) is 5.08. The van der Waals surface area contributed by atoms with Crippen LogP contribution < -0.4 is 5.32 Å². The van der Waals surface area contributed by atoms with Crippen molar-refractivity contribution in [3.05, 3.63) is 35.9 Å². The summed E-state index contributed by atoms with van der Waals surface area (Å²) in [6.45, 7) is 5.42. The molecular weight excluding hydrogens is 206 g/mol. The molecule has 0 radical (unpaired) electrons. The quantitative estimate of drug-likeness (QED) is 0.457. The van der Waals surface area contributed by atoms with E-state index in [4.69, 9.17) is 8.85 Å². The SMILES string of the molecule is CO[Si](C)(C)OCNCc1ccccc1. The highest BCUT2D eigenvalue weighted by atomic mass is 28.4. The molecule has 0 unspecified atom stereocenters. The fourth-order valence-corrected chi connectivity index (χ4v) is 1.64. The Kier molecular flexibility index (Phi) is 4.97. The number of hydrogen-bond donors (Lipinski definition) is 1. The monoisotopic (exact) mass is 225 g/mol. The Hall–Kier alpha value is -0.683. The van der Waals surface area contributed by atoms with E-state index in [-0.39, 0.29) is 0 Å². The summed E-state index contributed by atoms with van der Waals surface area (Å²) in [5.41, 5.74) is 1.26. The molecule has 1 aromatic carbocycles. The summed E-state index contributed by atoms with van der Waals surface area (Å²) in [5.74, 6) is 0. The molecule has 15 heavy (non-hydrogen) atoms. The maximum absolute atomic E-state index is 5.61. The fourth-order valence-electron chi connectivity index (χ4n) is 1.07. The average molecular weight is 225 g/mol. The highest BCUT2D eigenvalue weighted by Crippen LogP contribution is 2.03. The van der Waals surface area contributed by atoms with Gasteiger partial charge in [-0.1, -0.05) is 30.3 Å². The van der Waals surface area contributed by atoms with Crippen LogP contribution in [0.2, 0.25) is 13.1 Å². The normalized spacial score (nSPS) is 11.7. The predicted octanol–water partition coefficient (Wildman–Crippen LogP) is 2.10. The lowest BCUT2D eigenvalue weighted by Crippen LogP contribution is -2.37. The van der Waals surface area contributed by atoms with Crippen LogP contribution in [0.5, 0.6) is 0 Å². The number of nitrogens with one attached hydrogen (secondary N) is 1. The van der Waals surface area contributed by atoms with E-state index in [1.54, 1.807) is 7.11 Å². The summed E-state index contributed by atoms with van der Waals surface area (Å²) in [7, 11) is -0.180. The highest BCUT2D eigenvalue weighted by molar-refractivity contribution is 6.64. The second-order valence-corrected chi connectivity index (χ2v) is 7.30. The molecule has 0 amide bonds. The molecule has 0 aliphatic heterocycles. The van der Waals surface area contributed by atoms with Crippen molar-refractivity contribution >= 4 is 8.56 Å². The molecule has 1 aromatic rings. The van der Waals surface area contributed by atoms with Crippen LogP contribution in [-0.4, -0.2) is 22.4 Å². The van der Waals surface area contributed by atoms with Crippen molar-refractivity contribution in [1.29, 1.82) is 0 Å². The van der Waals surface area contributed by atoms with Crippen molar-refractivity contribution in [3.63, 3.8) is 0 Å². The summed E-state index contributed by atoms with van der Waals surface area (Å²) < 4.78 is 10.9. The summed E-state index contributed by atoms with van der Waals surface area (Å²) in [6, 6.07) is 10.3. The van der Waals surface area contributed by atoms with Crippen molar-refractivity contribution in [2.75, 3.05) is 13.8 Å². The van der Waals surface area contributed by atoms with Crippen LogP contribution in [0.4, 0.5) is 0 Å². The largest absolute Gasteiger partial charge is 0.398 e. The van der Waals surface area contributed by atoms with Gasteiger partial charge in [0.2, 0.25) is 0 Å². The summed E-state index contributed by atoms with van der Waals surface area (Å²) >= 11 is 0. The molecule has 0 aliphatic rings. The smallest absolute Gasteiger partial charge is 0.332 e. The molecule has 0 spiro atoms. The number of hydrogen-bond acceptors (Lipinski definition) is 3. The number of rotatable bonds is 6. The first-order valence-corrected chi connectivity index (χ1v) is 7.89. The second kappa shape index (κ2) is 6.02. The molecule has 0 heterocycles. The van der Waals surface area contributed by atoms with Gasteiger partial charge in [-0.3, -0.25) is 5.32 Å². The van der Waals surface area contributed by atoms with Gasteiger partial charge in [-0.2, -0.15) is 0 Å². The zero-order chi connectivity index (χ0) is 11.1. The maximum Gasteiger partial charge on any atom is 0.332 e. The Morgan fingerprint density at radius 2 is 1.87 bits per heavy atom. The lowest BCUT2D eigenvalue weighted by molar-refractivity contribution is 0.193. The van der Waals surface area contributed by atoms with Gasteiger partial charge in [-0.15, -0.1) is 0 Å². The van der Waals surface area contributed by atoms with Crippen LogP contribution >= 0.6 is 0 Å². The summed E-state index contributed by atoms with van der Waals surface area (Å²) in [4.78, 5) is 0. The van der Waals surface area contributed by atoms with Gasteiger partial charge in [0.05, 0.1) is 6.73 Å². The molecule has 0 saturated carbocycles. The molecule has 84 valence electrons. The van der Waals surface area contributed by atoms with Crippen LogP contribution in [0.3, 0.4) is 0 Å². The second-order valence-electron chi connectivity index (χ2n) is 3.81. The minimum atomic E-state index is -1.88. The maximum atomic E-state index is 5.61.